The number of nitriles is 1. The first-order valence-corrected chi connectivity index (χ1v) is 6.09. The van der Waals surface area contributed by atoms with Crippen molar-refractivity contribution in [2.24, 2.45) is 0 Å². The Kier molecular flexibility index (Phi) is 3.71. The molecule has 1 aromatic heterocycles. The summed E-state index contributed by atoms with van der Waals surface area (Å²) in [5.74, 6) is -0.362. The fourth-order valence-electron chi connectivity index (χ4n) is 1.85. The number of ether oxygens (including phenoxy) is 1. The third-order valence-corrected chi connectivity index (χ3v) is 2.87. The lowest BCUT2D eigenvalue weighted by Crippen LogP contribution is -2.10. The molecular weight excluding hydrogens is 256 g/mol. The van der Waals surface area contributed by atoms with E-state index in [1.54, 1.807) is 23.6 Å². The van der Waals surface area contributed by atoms with Crippen LogP contribution in [0.3, 0.4) is 0 Å². The van der Waals surface area contributed by atoms with Crippen molar-refractivity contribution in [3.63, 3.8) is 0 Å². The van der Waals surface area contributed by atoms with Gasteiger partial charge in [0.25, 0.3) is 0 Å². The molecule has 2 rings (SSSR count). The van der Waals surface area contributed by atoms with Crippen LogP contribution in [0.1, 0.15) is 28.5 Å². The van der Waals surface area contributed by atoms with Gasteiger partial charge in [-0.05, 0) is 31.5 Å². The molecule has 0 saturated carbocycles. The van der Waals surface area contributed by atoms with Crippen molar-refractivity contribution in [1.29, 1.82) is 5.26 Å². The van der Waals surface area contributed by atoms with Crippen LogP contribution < -0.4 is 5.73 Å². The molecule has 2 N–H and O–H groups in total. The topological polar surface area (TPSA) is 93.9 Å². The third kappa shape index (κ3) is 2.34. The highest BCUT2D eigenvalue weighted by Gasteiger charge is 2.18. The number of carbonyl (C=O) groups is 1. The van der Waals surface area contributed by atoms with E-state index < -0.39 is 5.97 Å². The number of hydrogen-bond donors (Lipinski definition) is 1. The molecule has 1 heterocycles. The Hall–Kier alpha value is -2.81. The summed E-state index contributed by atoms with van der Waals surface area (Å²) in [6.07, 6.45) is 1.45. The normalized spacial score (nSPS) is 10.1. The summed E-state index contributed by atoms with van der Waals surface area (Å²) in [7, 11) is 0. The predicted octanol–water partition coefficient (Wildman–Crippen LogP) is 1.81. The second kappa shape index (κ2) is 5.45. The Morgan fingerprint density at radius 3 is 2.95 bits per heavy atom. The molecule has 0 amide bonds. The molecule has 0 spiro atoms. The quantitative estimate of drug-likeness (QED) is 0.858. The smallest absolute Gasteiger partial charge is 0.360 e. The highest BCUT2D eigenvalue weighted by atomic mass is 16.5. The van der Waals surface area contributed by atoms with Crippen LogP contribution in [0.2, 0.25) is 0 Å². The first-order chi connectivity index (χ1) is 9.58. The van der Waals surface area contributed by atoms with Crippen molar-refractivity contribution in [1.82, 2.24) is 9.55 Å². The highest BCUT2D eigenvalue weighted by Crippen LogP contribution is 2.21. The maximum absolute atomic E-state index is 11.7. The lowest BCUT2D eigenvalue weighted by molar-refractivity contribution is 0.0521. The number of esters is 1. The Labute approximate surface area is 116 Å². The molecule has 0 saturated heterocycles. The zero-order valence-corrected chi connectivity index (χ0v) is 11.3. The van der Waals surface area contributed by atoms with Crippen molar-refractivity contribution >= 4 is 11.8 Å². The van der Waals surface area contributed by atoms with Crippen molar-refractivity contribution < 1.29 is 9.53 Å². The number of aryl methyl sites for hydroxylation is 1. The zero-order chi connectivity index (χ0) is 14.7. The fourth-order valence-corrected chi connectivity index (χ4v) is 1.85. The van der Waals surface area contributed by atoms with Crippen LogP contribution in [0.4, 0.5) is 5.82 Å². The van der Waals surface area contributed by atoms with E-state index in [1.165, 1.54) is 6.33 Å². The van der Waals surface area contributed by atoms with E-state index in [2.05, 4.69) is 11.1 Å². The minimum atomic E-state index is -0.558. The standard InChI is InChI=1S/C14H14N4O2/c1-3-20-14(19)12-13(16)18(8-17-12)11-6-10(7-15)5-4-9(11)2/h4-6,8H,3,16H2,1-2H3. The molecule has 0 atom stereocenters. The van der Waals surface area contributed by atoms with Gasteiger partial charge in [-0.1, -0.05) is 6.07 Å². The van der Waals surface area contributed by atoms with E-state index >= 15 is 0 Å². The molecule has 102 valence electrons. The number of anilines is 1. The summed E-state index contributed by atoms with van der Waals surface area (Å²) >= 11 is 0. The number of nitrogen functional groups attached to an aromatic ring is 1. The first kappa shape index (κ1) is 13.6. The summed E-state index contributed by atoms with van der Waals surface area (Å²) in [6, 6.07) is 7.30. The maximum atomic E-state index is 11.7. The van der Waals surface area contributed by atoms with Crippen molar-refractivity contribution in [3.8, 4) is 11.8 Å². The molecule has 0 fully saturated rings. The van der Waals surface area contributed by atoms with E-state index in [1.807, 2.05) is 13.0 Å². The van der Waals surface area contributed by atoms with Crippen LogP contribution in [0.25, 0.3) is 5.69 Å². The molecule has 6 nitrogen and oxygen atoms in total. The number of hydrogen-bond acceptors (Lipinski definition) is 5. The molecule has 0 unspecified atom stereocenters. The van der Waals surface area contributed by atoms with Crippen LogP contribution in [0.5, 0.6) is 0 Å². The summed E-state index contributed by atoms with van der Waals surface area (Å²) in [4.78, 5) is 15.7. The van der Waals surface area contributed by atoms with Crippen molar-refractivity contribution in [2.45, 2.75) is 13.8 Å². The predicted molar refractivity (Wildman–Crippen MR) is 73.4 cm³/mol. The summed E-state index contributed by atoms with van der Waals surface area (Å²) in [6.45, 7) is 3.86. The number of carbonyl (C=O) groups excluding carboxylic acids is 1. The second-order valence-electron chi connectivity index (χ2n) is 4.18. The number of aromatic nitrogens is 2. The fraction of sp³-hybridized carbons (Fsp3) is 0.214. The van der Waals surface area contributed by atoms with Gasteiger partial charge in [-0.2, -0.15) is 5.26 Å². The lowest BCUT2D eigenvalue weighted by Gasteiger charge is -2.09. The molecule has 1 aromatic carbocycles. The van der Waals surface area contributed by atoms with Crippen molar-refractivity contribution in [2.75, 3.05) is 12.3 Å². The summed E-state index contributed by atoms with van der Waals surface area (Å²) in [5, 5.41) is 8.95. The largest absolute Gasteiger partial charge is 0.461 e. The number of nitrogens with zero attached hydrogens (tertiary/aromatic N) is 3. The summed E-state index contributed by atoms with van der Waals surface area (Å²) in [5.41, 5.74) is 8.16. The van der Waals surface area contributed by atoms with Crippen LogP contribution >= 0.6 is 0 Å². The van der Waals surface area contributed by atoms with Gasteiger partial charge in [0.1, 0.15) is 12.1 Å². The minimum absolute atomic E-state index is 0.0774. The van der Waals surface area contributed by atoms with Gasteiger partial charge in [-0.25, -0.2) is 9.78 Å². The molecule has 0 radical (unpaired) electrons. The number of benzene rings is 1. The van der Waals surface area contributed by atoms with Gasteiger partial charge in [-0.15, -0.1) is 0 Å². The van der Waals surface area contributed by atoms with E-state index in [9.17, 15) is 4.79 Å². The van der Waals surface area contributed by atoms with Gasteiger partial charge < -0.3 is 10.5 Å². The average Bonchev–Trinajstić information content (AvgIpc) is 2.81. The minimum Gasteiger partial charge on any atom is -0.461 e. The molecule has 2 aromatic rings. The number of imidazole rings is 1. The second-order valence-corrected chi connectivity index (χ2v) is 4.18. The van der Waals surface area contributed by atoms with Gasteiger partial charge in [0, 0.05) is 0 Å². The Balaban J connectivity index is 2.50. The third-order valence-electron chi connectivity index (χ3n) is 2.87. The van der Waals surface area contributed by atoms with Gasteiger partial charge in [-0.3, -0.25) is 4.57 Å². The van der Waals surface area contributed by atoms with Crippen LogP contribution in [-0.2, 0) is 4.74 Å². The van der Waals surface area contributed by atoms with Gasteiger partial charge >= 0.3 is 5.97 Å². The molecule has 0 aliphatic carbocycles. The molecule has 0 aliphatic rings. The monoisotopic (exact) mass is 270 g/mol. The zero-order valence-electron chi connectivity index (χ0n) is 11.3. The summed E-state index contributed by atoms with van der Waals surface area (Å²) < 4.78 is 6.46. The Morgan fingerprint density at radius 2 is 2.30 bits per heavy atom. The van der Waals surface area contributed by atoms with Gasteiger partial charge in [0.15, 0.2) is 5.69 Å². The average molecular weight is 270 g/mol. The van der Waals surface area contributed by atoms with Gasteiger partial charge in [0.2, 0.25) is 0 Å². The van der Waals surface area contributed by atoms with Crippen molar-refractivity contribution in [3.05, 3.63) is 41.3 Å². The molecule has 0 aliphatic heterocycles. The van der Waals surface area contributed by atoms with Gasteiger partial charge in [0.05, 0.1) is 23.9 Å². The first-order valence-electron chi connectivity index (χ1n) is 6.09. The molecule has 6 heteroatoms. The number of nitrogens with two attached hydrogens (primary N) is 1. The Bertz CT molecular complexity index is 698. The molecular formula is C14H14N4O2. The van der Waals surface area contributed by atoms with Crippen LogP contribution in [-0.4, -0.2) is 22.1 Å². The van der Waals surface area contributed by atoms with E-state index in [4.69, 9.17) is 15.7 Å². The maximum Gasteiger partial charge on any atom is 0.360 e. The number of rotatable bonds is 3. The van der Waals surface area contributed by atoms with E-state index in [-0.39, 0.29) is 18.1 Å². The highest BCUT2D eigenvalue weighted by molar-refractivity contribution is 5.92. The molecule has 0 bridgehead atoms. The Morgan fingerprint density at radius 1 is 1.55 bits per heavy atom. The van der Waals surface area contributed by atoms with E-state index in [0.717, 1.165) is 5.56 Å². The van der Waals surface area contributed by atoms with E-state index in [0.29, 0.717) is 11.3 Å². The van der Waals surface area contributed by atoms with Crippen LogP contribution in [0, 0.1) is 18.3 Å². The van der Waals surface area contributed by atoms with Crippen LogP contribution in [0.15, 0.2) is 24.5 Å². The molecule has 20 heavy (non-hydrogen) atoms. The lowest BCUT2D eigenvalue weighted by atomic mass is 10.1. The SMILES string of the molecule is CCOC(=O)c1ncn(-c2cc(C#N)ccc2C)c1N.